The maximum absolute atomic E-state index is 6.30. The molecule has 1 aliphatic rings. The maximum Gasteiger partial charge on any atom is 0.0709 e. The molecule has 3 heteroatoms. The van der Waals surface area contributed by atoms with Crippen LogP contribution in [0.25, 0.3) is 0 Å². The molecule has 2 unspecified atom stereocenters. The van der Waals surface area contributed by atoms with Gasteiger partial charge in [-0.15, -0.1) is 11.6 Å². The normalized spacial score (nSPS) is 22.2. The summed E-state index contributed by atoms with van der Waals surface area (Å²) in [6, 6.07) is 10.2. The molecule has 2 nitrogen and oxygen atoms in total. The first-order valence-electron chi connectivity index (χ1n) is 5.84. The van der Waals surface area contributed by atoms with Gasteiger partial charge in [0.25, 0.3) is 0 Å². The SMILES string of the molecule is ClC(CNCC1CCOC1)c1ccccc1. The summed E-state index contributed by atoms with van der Waals surface area (Å²) in [7, 11) is 0. The number of hydrogen-bond donors (Lipinski definition) is 1. The lowest BCUT2D eigenvalue weighted by atomic mass is 10.1. The van der Waals surface area contributed by atoms with Gasteiger partial charge in [0.05, 0.1) is 12.0 Å². The van der Waals surface area contributed by atoms with Gasteiger partial charge in [-0.3, -0.25) is 0 Å². The van der Waals surface area contributed by atoms with E-state index < -0.39 is 0 Å². The lowest BCUT2D eigenvalue weighted by molar-refractivity contribution is 0.185. The standard InChI is InChI=1S/C13H18ClNO/c14-13(12-4-2-1-3-5-12)9-15-8-11-6-7-16-10-11/h1-5,11,13,15H,6-10H2. The molecular formula is C13H18ClNO. The van der Waals surface area contributed by atoms with E-state index in [2.05, 4.69) is 17.4 Å². The summed E-state index contributed by atoms with van der Waals surface area (Å²) in [5.74, 6) is 0.666. The second-order valence-corrected chi connectivity index (χ2v) is 4.79. The molecule has 0 bridgehead atoms. The predicted molar refractivity (Wildman–Crippen MR) is 66.8 cm³/mol. The van der Waals surface area contributed by atoms with Crippen molar-refractivity contribution in [1.82, 2.24) is 5.32 Å². The van der Waals surface area contributed by atoms with Gasteiger partial charge < -0.3 is 10.1 Å². The molecular weight excluding hydrogens is 222 g/mol. The summed E-state index contributed by atoms with van der Waals surface area (Å²) in [5.41, 5.74) is 1.18. The van der Waals surface area contributed by atoms with Gasteiger partial charge in [-0.2, -0.15) is 0 Å². The van der Waals surface area contributed by atoms with Gasteiger partial charge in [-0.25, -0.2) is 0 Å². The van der Waals surface area contributed by atoms with Crippen molar-refractivity contribution in [3.8, 4) is 0 Å². The van der Waals surface area contributed by atoms with E-state index >= 15 is 0 Å². The van der Waals surface area contributed by atoms with E-state index in [4.69, 9.17) is 16.3 Å². The van der Waals surface area contributed by atoms with E-state index in [1.807, 2.05) is 18.2 Å². The Morgan fingerprint density at radius 1 is 1.38 bits per heavy atom. The second kappa shape index (κ2) is 6.24. The molecule has 0 spiro atoms. The summed E-state index contributed by atoms with van der Waals surface area (Å²) in [5, 5.41) is 3.47. The Morgan fingerprint density at radius 2 is 2.19 bits per heavy atom. The molecule has 16 heavy (non-hydrogen) atoms. The maximum atomic E-state index is 6.30. The van der Waals surface area contributed by atoms with E-state index in [0.29, 0.717) is 5.92 Å². The zero-order valence-corrected chi connectivity index (χ0v) is 10.1. The van der Waals surface area contributed by atoms with E-state index in [-0.39, 0.29) is 5.38 Å². The lowest BCUT2D eigenvalue weighted by Gasteiger charge is -2.13. The fourth-order valence-corrected chi connectivity index (χ4v) is 2.19. The third-order valence-electron chi connectivity index (χ3n) is 2.94. The van der Waals surface area contributed by atoms with Crippen LogP contribution in [0, 0.1) is 5.92 Å². The third kappa shape index (κ3) is 3.48. The van der Waals surface area contributed by atoms with Crippen molar-refractivity contribution in [2.45, 2.75) is 11.8 Å². The topological polar surface area (TPSA) is 21.3 Å². The Hall–Kier alpha value is -0.570. The van der Waals surface area contributed by atoms with Crippen LogP contribution >= 0.6 is 11.6 Å². The summed E-state index contributed by atoms with van der Waals surface area (Å²) in [6.45, 7) is 3.64. The van der Waals surface area contributed by atoms with E-state index in [1.54, 1.807) is 0 Å². The zero-order valence-electron chi connectivity index (χ0n) is 9.36. The summed E-state index contributed by atoms with van der Waals surface area (Å²) < 4.78 is 5.33. The third-order valence-corrected chi connectivity index (χ3v) is 3.35. The number of hydrogen-bond acceptors (Lipinski definition) is 2. The summed E-state index contributed by atoms with van der Waals surface area (Å²) in [4.78, 5) is 0. The van der Waals surface area contributed by atoms with Crippen molar-refractivity contribution in [3.63, 3.8) is 0 Å². The number of nitrogens with one attached hydrogen (secondary N) is 1. The van der Waals surface area contributed by atoms with E-state index in [1.165, 1.54) is 12.0 Å². The number of halogens is 1. The molecule has 1 fully saturated rings. The summed E-state index contributed by atoms with van der Waals surface area (Å²) >= 11 is 6.30. The second-order valence-electron chi connectivity index (χ2n) is 4.27. The fraction of sp³-hybridized carbons (Fsp3) is 0.538. The Bertz CT molecular complexity index is 298. The number of rotatable bonds is 5. The largest absolute Gasteiger partial charge is 0.381 e. The minimum Gasteiger partial charge on any atom is -0.381 e. The minimum atomic E-state index is 0.0588. The van der Waals surface area contributed by atoms with Crippen LogP contribution in [0.15, 0.2) is 30.3 Å². The molecule has 2 rings (SSSR count). The highest BCUT2D eigenvalue weighted by atomic mass is 35.5. The lowest BCUT2D eigenvalue weighted by Crippen LogP contribution is -2.26. The molecule has 0 saturated carbocycles. The van der Waals surface area contributed by atoms with Crippen LogP contribution in [0.3, 0.4) is 0 Å². The van der Waals surface area contributed by atoms with Crippen molar-refractivity contribution in [3.05, 3.63) is 35.9 Å². The first kappa shape index (κ1) is 11.9. The molecule has 1 heterocycles. The van der Waals surface area contributed by atoms with Crippen molar-refractivity contribution in [2.75, 3.05) is 26.3 Å². The molecule has 0 amide bonds. The summed E-state index contributed by atoms with van der Waals surface area (Å²) in [6.07, 6.45) is 1.17. The Morgan fingerprint density at radius 3 is 2.88 bits per heavy atom. The molecule has 1 aliphatic heterocycles. The molecule has 88 valence electrons. The molecule has 1 saturated heterocycles. The van der Waals surface area contributed by atoms with Gasteiger partial charge in [0.2, 0.25) is 0 Å². The van der Waals surface area contributed by atoms with Crippen LogP contribution in [0.2, 0.25) is 0 Å². The average molecular weight is 240 g/mol. The number of benzene rings is 1. The number of ether oxygens (including phenoxy) is 1. The fourth-order valence-electron chi connectivity index (χ4n) is 1.94. The van der Waals surface area contributed by atoms with Crippen molar-refractivity contribution in [2.24, 2.45) is 5.92 Å². The predicted octanol–water partition coefficient (Wildman–Crippen LogP) is 2.59. The Kier molecular flexibility index (Phi) is 4.64. The first-order valence-corrected chi connectivity index (χ1v) is 6.27. The highest BCUT2D eigenvalue weighted by Crippen LogP contribution is 2.19. The smallest absolute Gasteiger partial charge is 0.0709 e. The minimum absolute atomic E-state index is 0.0588. The molecule has 1 aromatic carbocycles. The average Bonchev–Trinajstić information content (AvgIpc) is 2.83. The van der Waals surface area contributed by atoms with Crippen LogP contribution in [-0.2, 0) is 4.74 Å². The van der Waals surface area contributed by atoms with Gasteiger partial charge >= 0.3 is 0 Å². The molecule has 0 radical (unpaired) electrons. The van der Waals surface area contributed by atoms with Gasteiger partial charge in [0, 0.05) is 19.7 Å². The quantitative estimate of drug-likeness (QED) is 0.798. The first-order chi connectivity index (χ1) is 7.86. The van der Waals surface area contributed by atoms with Crippen molar-refractivity contribution < 1.29 is 4.74 Å². The van der Waals surface area contributed by atoms with Gasteiger partial charge in [0.15, 0.2) is 0 Å². The van der Waals surface area contributed by atoms with Gasteiger partial charge in [-0.1, -0.05) is 30.3 Å². The van der Waals surface area contributed by atoms with Gasteiger partial charge in [-0.05, 0) is 17.9 Å². The van der Waals surface area contributed by atoms with Crippen LogP contribution in [-0.4, -0.2) is 26.3 Å². The molecule has 1 aromatic rings. The van der Waals surface area contributed by atoms with Crippen LogP contribution < -0.4 is 5.32 Å². The van der Waals surface area contributed by atoms with E-state index in [0.717, 1.165) is 26.3 Å². The molecule has 2 atom stereocenters. The molecule has 0 aromatic heterocycles. The van der Waals surface area contributed by atoms with Crippen LogP contribution in [0.4, 0.5) is 0 Å². The van der Waals surface area contributed by atoms with Crippen molar-refractivity contribution in [1.29, 1.82) is 0 Å². The molecule has 0 aliphatic carbocycles. The monoisotopic (exact) mass is 239 g/mol. The van der Waals surface area contributed by atoms with E-state index in [9.17, 15) is 0 Å². The number of alkyl halides is 1. The van der Waals surface area contributed by atoms with Crippen molar-refractivity contribution >= 4 is 11.6 Å². The highest BCUT2D eigenvalue weighted by Gasteiger charge is 2.15. The van der Waals surface area contributed by atoms with Gasteiger partial charge in [0.1, 0.15) is 0 Å². The highest BCUT2D eigenvalue weighted by molar-refractivity contribution is 6.21. The van der Waals surface area contributed by atoms with Crippen LogP contribution in [0.5, 0.6) is 0 Å². The Labute approximate surface area is 102 Å². The Balaban J connectivity index is 1.69. The molecule has 1 N–H and O–H groups in total. The zero-order chi connectivity index (χ0) is 11.2. The van der Waals surface area contributed by atoms with Crippen LogP contribution in [0.1, 0.15) is 17.4 Å².